The molecule has 0 aliphatic rings. The number of nitrogens with one attached hydrogen (secondary N) is 2. The highest BCUT2D eigenvalue weighted by Crippen LogP contribution is 2.18. The van der Waals surface area contributed by atoms with Gasteiger partial charge in [-0.1, -0.05) is 30.3 Å². The second kappa shape index (κ2) is 9.24. The van der Waals surface area contributed by atoms with Crippen LogP contribution in [0.5, 0.6) is 5.75 Å². The number of ether oxygens (including phenoxy) is 1. The van der Waals surface area contributed by atoms with Crippen LogP contribution in [0.1, 0.15) is 11.1 Å². The number of hydrogen-bond donors (Lipinski definition) is 3. The van der Waals surface area contributed by atoms with Crippen LogP contribution in [0, 0.1) is 11.3 Å². The number of carbonyl (C=O) groups is 2. The first-order valence-corrected chi connectivity index (χ1v) is 8.96. The number of para-hydroxylation sites is 1. The van der Waals surface area contributed by atoms with E-state index in [2.05, 4.69) is 10.3 Å². The van der Waals surface area contributed by atoms with Crippen molar-refractivity contribution in [3.63, 3.8) is 0 Å². The lowest BCUT2D eigenvalue weighted by atomic mass is 10.1. The van der Waals surface area contributed by atoms with Crippen LogP contribution in [0.3, 0.4) is 0 Å². The van der Waals surface area contributed by atoms with E-state index in [1.807, 2.05) is 36.5 Å². The number of hydrogen-bond acceptors (Lipinski definition) is 4. The van der Waals surface area contributed by atoms with Gasteiger partial charge in [0.05, 0.1) is 0 Å². The number of benzene rings is 2. The van der Waals surface area contributed by atoms with Gasteiger partial charge < -0.3 is 20.1 Å². The Labute approximate surface area is 167 Å². The van der Waals surface area contributed by atoms with Gasteiger partial charge >= 0.3 is 5.97 Å². The minimum atomic E-state index is -1.06. The summed E-state index contributed by atoms with van der Waals surface area (Å²) in [7, 11) is 0. The molecule has 3 N–H and O–H groups in total. The van der Waals surface area contributed by atoms with E-state index in [0.717, 1.165) is 16.5 Å². The molecule has 146 valence electrons. The lowest BCUT2D eigenvalue weighted by Crippen LogP contribution is -2.26. The Kier molecular flexibility index (Phi) is 6.28. The van der Waals surface area contributed by atoms with Crippen LogP contribution in [-0.2, 0) is 16.0 Å². The number of aromatic nitrogens is 1. The molecule has 29 heavy (non-hydrogen) atoms. The molecule has 0 atom stereocenters. The molecule has 0 unspecified atom stereocenters. The molecule has 0 spiro atoms. The first kappa shape index (κ1) is 19.7. The van der Waals surface area contributed by atoms with Crippen LogP contribution < -0.4 is 10.1 Å². The van der Waals surface area contributed by atoms with Crippen LogP contribution >= 0.6 is 0 Å². The van der Waals surface area contributed by atoms with E-state index in [-0.39, 0.29) is 5.57 Å². The van der Waals surface area contributed by atoms with Gasteiger partial charge in [0.15, 0.2) is 6.61 Å². The quantitative estimate of drug-likeness (QED) is 0.405. The molecule has 2 aromatic carbocycles. The number of nitriles is 1. The molecule has 0 aliphatic heterocycles. The minimum Gasteiger partial charge on any atom is -0.482 e. The van der Waals surface area contributed by atoms with Crippen molar-refractivity contribution in [2.24, 2.45) is 0 Å². The van der Waals surface area contributed by atoms with E-state index in [4.69, 9.17) is 9.84 Å². The molecule has 0 fully saturated rings. The van der Waals surface area contributed by atoms with Crippen molar-refractivity contribution in [1.29, 1.82) is 5.26 Å². The van der Waals surface area contributed by atoms with Crippen LogP contribution in [0.25, 0.3) is 17.0 Å². The fourth-order valence-electron chi connectivity index (χ4n) is 2.86. The summed E-state index contributed by atoms with van der Waals surface area (Å²) in [6, 6.07) is 16.3. The second-order valence-electron chi connectivity index (χ2n) is 6.29. The first-order valence-electron chi connectivity index (χ1n) is 8.96. The number of carboxylic acids is 1. The largest absolute Gasteiger partial charge is 0.482 e. The Morgan fingerprint density at radius 3 is 2.66 bits per heavy atom. The first-order chi connectivity index (χ1) is 14.1. The van der Waals surface area contributed by atoms with Crippen LogP contribution in [-0.4, -0.2) is 35.1 Å². The van der Waals surface area contributed by atoms with Crippen LogP contribution in [0.15, 0.2) is 60.3 Å². The molecule has 0 saturated heterocycles. The van der Waals surface area contributed by atoms with Crippen molar-refractivity contribution in [3.8, 4) is 11.8 Å². The highest BCUT2D eigenvalue weighted by Gasteiger charge is 2.10. The summed E-state index contributed by atoms with van der Waals surface area (Å²) in [5, 5.41) is 21.8. The Hall–Kier alpha value is -4.05. The zero-order valence-corrected chi connectivity index (χ0v) is 15.5. The zero-order valence-electron chi connectivity index (χ0n) is 15.5. The Morgan fingerprint density at radius 1 is 1.17 bits per heavy atom. The minimum absolute atomic E-state index is 0.0110. The molecule has 7 nitrogen and oxygen atoms in total. The average Bonchev–Trinajstić information content (AvgIpc) is 3.14. The van der Waals surface area contributed by atoms with Crippen molar-refractivity contribution in [2.75, 3.05) is 13.2 Å². The number of rotatable bonds is 8. The average molecular weight is 389 g/mol. The number of carboxylic acid groups (broad SMARTS) is 1. The van der Waals surface area contributed by atoms with E-state index >= 15 is 0 Å². The van der Waals surface area contributed by atoms with Gasteiger partial charge in [0.1, 0.15) is 17.4 Å². The maximum absolute atomic E-state index is 12.3. The number of carbonyl (C=O) groups excluding carboxylic acids is 1. The highest BCUT2D eigenvalue weighted by atomic mass is 16.5. The van der Waals surface area contributed by atoms with Gasteiger partial charge in [-0.05, 0) is 41.8 Å². The molecule has 1 aromatic heterocycles. The lowest BCUT2D eigenvalue weighted by molar-refractivity contribution is -0.139. The number of aromatic amines is 1. The SMILES string of the molecule is N#C/C(=C/c1ccc(OCC(=O)O)cc1)C(=O)NCCc1c[nH]c2ccccc12. The standard InChI is InChI=1S/C22H19N3O4/c23-12-17(11-15-5-7-18(8-6-15)29-14-21(26)27)22(28)24-10-9-16-13-25-20-4-2-1-3-19(16)20/h1-8,11,13,25H,9-10,14H2,(H,24,28)(H,26,27)/b17-11-. The summed E-state index contributed by atoms with van der Waals surface area (Å²) in [5.74, 6) is -1.12. The Morgan fingerprint density at radius 2 is 1.93 bits per heavy atom. The van der Waals surface area contributed by atoms with Crippen LogP contribution in [0.2, 0.25) is 0 Å². The monoisotopic (exact) mass is 389 g/mol. The third-order valence-electron chi connectivity index (χ3n) is 4.27. The maximum atomic E-state index is 12.3. The van der Waals surface area contributed by atoms with Gasteiger partial charge in [0.2, 0.25) is 0 Å². The molecule has 3 aromatic rings. The zero-order chi connectivity index (χ0) is 20.6. The van der Waals surface area contributed by atoms with Gasteiger partial charge in [-0.3, -0.25) is 4.79 Å². The second-order valence-corrected chi connectivity index (χ2v) is 6.29. The molecule has 0 saturated carbocycles. The molecule has 0 aliphatic carbocycles. The lowest BCUT2D eigenvalue weighted by Gasteiger charge is -2.05. The van der Waals surface area contributed by atoms with E-state index in [9.17, 15) is 14.9 Å². The van der Waals surface area contributed by atoms with Gasteiger partial charge in [-0.15, -0.1) is 0 Å². The van der Waals surface area contributed by atoms with Gasteiger partial charge in [0.25, 0.3) is 5.91 Å². The predicted octanol–water partition coefficient (Wildman–Crippen LogP) is 2.90. The number of H-pyrrole nitrogens is 1. The van der Waals surface area contributed by atoms with E-state index in [1.165, 1.54) is 6.08 Å². The fraction of sp³-hybridized carbons (Fsp3) is 0.136. The Balaban J connectivity index is 1.58. The van der Waals surface area contributed by atoms with Crippen molar-refractivity contribution < 1.29 is 19.4 Å². The van der Waals surface area contributed by atoms with Gasteiger partial charge in [-0.2, -0.15) is 5.26 Å². The third-order valence-corrected chi connectivity index (χ3v) is 4.27. The normalized spacial score (nSPS) is 11.1. The van der Waals surface area contributed by atoms with Gasteiger partial charge in [-0.25, -0.2) is 4.79 Å². The smallest absolute Gasteiger partial charge is 0.341 e. The molecule has 0 radical (unpaired) electrons. The van der Waals surface area contributed by atoms with Crippen molar-refractivity contribution in [2.45, 2.75) is 6.42 Å². The predicted molar refractivity (Wildman–Crippen MR) is 108 cm³/mol. The van der Waals surface area contributed by atoms with Gasteiger partial charge in [0, 0.05) is 23.6 Å². The molecule has 0 bridgehead atoms. The summed E-state index contributed by atoms with van der Waals surface area (Å²) in [4.78, 5) is 26.0. The number of fused-ring (bicyclic) bond motifs is 1. The van der Waals surface area contributed by atoms with Crippen molar-refractivity contribution in [1.82, 2.24) is 10.3 Å². The summed E-state index contributed by atoms with van der Waals surface area (Å²) in [6.07, 6.45) is 4.04. The number of aliphatic carboxylic acids is 1. The summed E-state index contributed by atoms with van der Waals surface area (Å²) >= 11 is 0. The number of nitrogens with zero attached hydrogens (tertiary/aromatic N) is 1. The topological polar surface area (TPSA) is 115 Å². The molecule has 7 heteroatoms. The van der Waals surface area contributed by atoms with Crippen LogP contribution in [0.4, 0.5) is 0 Å². The highest BCUT2D eigenvalue weighted by molar-refractivity contribution is 6.01. The summed E-state index contributed by atoms with van der Waals surface area (Å²) < 4.78 is 5.05. The molecular formula is C22H19N3O4. The molecule has 1 amide bonds. The fourth-order valence-corrected chi connectivity index (χ4v) is 2.86. The molecule has 3 rings (SSSR count). The van der Waals surface area contributed by atoms with E-state index < -0.39 is 18.5 Å². The molecular weight excluding hydrogens is 370 g/mol. The van der Waals surface area contributed by atoms with E-state index in [0.29, 0.717) is 24.3 Å². The van der Waals surface area contributed by atoms with Crippen molar-refractivity contribution in [3.05, 3.63) is 71.4 Å². The Bertz CT molecular complexity index is 1090. The summed E-state index contributed by atoms with van der Waals surface area (Å²) in [5.41, 5.74) is 2.77. The maximum Gasteiger partial charge on any atom is 0.341 e. The van der Waals surface area contributed by atoms with E-state index in [1.54, 1.807) is 24.3 Å². The third kappa shape index (κ3) is 5.23. The van der Waals surface area contributed by atoms with Crippen molar-refractivity contribution >= 4 is 28.9 Å². The number of amides is 1. The molecule has 1 heterocycles. The summed E-state index contributed by atoms with van der Waals surface area (Å²) in [6.45, 7) is -0.0286.